The highest BCUT2D eigenvalue weighted by Crippen LogP contribution is 2.17. The summed E-state index contributed by atoms with van der Waals surface area (Å²) in [5.41, 5.74) is 13.6. The van der Waals surface area contributed by atoms with Crippen molar-refractivity contribution in [3.05, 3.63) is 145 Å². The molecule has 0 amide bonds. The monoisotopic (exact) mass is 553 g/mol. The van der Waals surface area contributed by atoms with Crippen molar-refractivity contribution in [1.29, 1.82) is 0 Å². The Kier molecular flexibility index (Phi) is 12.0. The molecule has 6 aromatic heterocycles. The molecule has 0 aliphatic heterocycles. The number of nitrogens with two attached hydrogens (primary N) is 1. The Morgan fingerprint density at radius 1 is 0.452 bits per heavy atom. The average Bonchev–Trinajstić information content (AvgIpc) is 3.07. The fraction of sp³-hybridized carbons (Fsp3) is 0.143. The van der Waals surface area contributed by atoms with Crippen LogP contribution in [-0.2, 0) is 6.42 Å². The van der Waals surface area contributed by atoms with Crippen molar-refractivity contribution < 1.29 is 0 Å². The van der Waals surface area contributed by atoms with Crippen LogP contribution in [0.15, 0.2) is 134 Å². The molecule has 0 spiro atoms. The number of unbranched alkanes of at least 4 members (excludes halogenated alkanes) is 1. The first-order chi connectivity index (χ1) is 20.7. The Morgan fingerprint density at radius 2 is 0.881 bits per heavy atom. The second-order valence-corrected chi connectivity index (χ2v) is 9.37. The van der Waals surface area contributed by atoms with Crippen LogP contribution in [-0.4, -0.2) is 36.4 Å². The van der Waals surface area contributed by atoms with Gasteiger partial charge in [-0.05, 0) is 117 Å². The van der Waals surface area contributed by atoms with E-state index in [1.165, 1.54) is 11.1 Å². The van der Waals surface area contributed by atoms with Crippen molar-refractivity contribution >= 4 is 0 Å². The third-order valence-corrected chi connectivity index (χ3v) is 6.11. The van der Waals surface area contributed by atoms with Crippen LogP contribution in [0.4, 0.5) is 0 Å². The lowest BCUT2D eigenvalue weighted by Gasteiger charge is -2.04. The van der Waals surface area contributed by atoms with Crippen molar-refractivity contribution in [2.75, 3.05) is 6.54 Å². The second-order valence-electron chi connectivity index (χ2n) is 9.37. The first-order valence-electron chi connectivity index (χ1n) is 14.0. The maximum Gasteiger partial charge on any atom is 0.0888 e. The third-order valence-electron chi connectivity index (χ3n) is 6.11. The van der Waals surface area contributed by atoms with E-state index in [-0.39, 0.29) is 0 Å². The van der Waals surface area contributed by atoms with Gasteiger partial charge in [-0.3, -0.25) is 29.9 Å². The molecule has 210 valence electrons. The molecule has 0 radical (unpaired) electrons. The fourth-order valence-corrected chi connectivity index (χ4v) is 3.98. The van der Waals surface area contributed by atoms with Crippen LogP contribution in [0, 0.1) is 6.92 Å². The average molecular weight is 554 g/mol. The molecule has 0 bridgehead atoms. The molecule has 0 aromatic carbocycles. The quantitative estimate of drug-likeness (QED) is 0.212. The second kappa shape index (κ2) is 16.8. The first-order valence-corrected chi connectivity index (χ1v) is 14.0. The summed E-state index contributed by atoms with van der Waals surface area (Å²) in [5.74, 6) is 0. The van der Waals surface area contributed by atoms with Gasteiger partial charge in [-0.15, -0.1) is 0 Å². The maximum absolute atomic E-state index is 5.51. The van der Waals surface area contributed by atoms with Gasteiger partial charge in [0.15, 0.2) is 0 Å². The van der Waals surface area contributed by atoms with Crippen LogP contribution >= 0.6 is 0 Å². The van der Waals surface area contributed by atoms with Crippen LogP contribution in [0.1, 0.15) is 24.0 Å². The number of rotatable bonds is 7. The summed E-state index contributed by atoms with van der Waals surface area (Å²) in [5, 5.41) is 0. The van der Waals surface area contributed by atoms with Crippen LogP contribution in [0.25, 0.3) is 34.2 Å². The summed E-state index contributed by atoms with van der Waals surface area (Å²) in [4.78, 5) is 25.5. The summed E-state index contributed by atoms with van der Waals surface area (Å²) >= 11 is 0. The zero-order valence-electron chi connectivity index (χ0n) is 23.8. The van der Waals surface area contributed by atoms with Crippen molar-refractivity contribution in [1.82, 2.24) is 29.9 Å². The van der Waals surface area contributed by atoms with Crippen molar-refractivity contribution in [2.45, 2.75) is 26.2 Å². The van der Waals surface area contributed by atoms with Crippen LogP contribution in [0.5, 0.6) is 0 Å². The highest BCUT2D eigenvalue weighted by molar-refractivity contribution is 5.56. The lowest BCUT2D eigenvalue weighted by Crippen LogP contribution is -1.99. The van der Waals surface area contributed by atoms with Gasteiger partial charge in [0, 0.05) is 37.2 Å². The van der Waals surface area contributed by atoms with Gasteiger partial charge in [-0.25, -0.2) is 0 Å². The topological polar surface area (TPSA) is 103 Å². The summed E-state index contributed by atoms with van der Waals surface area (Å²) < 4.78 is 0. The van der Waals surface area contributed by atoms with Crippen molar-refractivity contribution in [3.63, 3.8) is 0 Å². The molecule has 0 saturated carbocycles. The van der Waals surface area contributed by atoms with E-state index in [2.05, 4.69) is 55.0 Å². The Morgan fingerprint density at radius 3 is 1.29 bits per heavy atom. The fourth-order valence-electron chi connectivity index (χ4n) is 3.98. The molecular formula is C35H35N7. The third kappa shape index (κ3) is 9.80. The summed E-state index contributed by atoms with van der Waals surface area (Å²) in [7, 11) is 0. The predicted molar refractivity (Wildman–Crippen MR) is 169 cm³/mol. The molecule has 0 fully saturated rings. The van der Waals surface area contributed by atoms with Crippen LogP contribution in [0.2, 0.25) is 0 Å². The molecule has 0 aliphatic rings. The summed E-state index contributed by atoms with van der Waals surface area (Å²) in [6.45, 7) is 2.83. The van der Waals surface area contributed by atoms with Crippen molar-refractivity contribution in [3.8, 4) is 34.2 Å². The van der Waals surface area contributed by atoms with Gasteiger partial charge in [-0.2, -0.15) is 0 Å². The Bertz CT molecular complexity index is 1430. The molecule has 6 heterocycles. The number of hydrogen-bond donors (Lipinski definition) is 1. The van der Waals surface area contributed by atoms with E-state index in [1.54, 1.807) is 24.8 Å². The van der Waals surface area contributed by atoms with Gasteiger partial charge in [0.25, 0.3) is 0 Å². The van der Waals surface area contributed by atoms with Crippen molar-refractivity contribution in [2.24, 2.45) is 5.73 Å². The normalized spacial score (nSPS) is 10.0. The van der Waals surface area contributed by atoms with E-state index in [0.29, 0.717) is 0 Å². The lowest BCUT2D eigenvalue weighted by molar-refractivity contribution is 0.744. The number of nitrogens with zero attached hydrogens (tertiary/aromatic N) is 6. The molecule has 0 saturated heterocycles. The minimum absolute atomic E-state index is 0.761. The molecule has 0 atom stereocenters. The molecule has 2 N–H and O–H groups in total. The molecule has 6 rings (SSSR count). The van der Waals surface area contributed by atoms with Gasteiger partial charge >= 0.3 is 0 Å². The lowest BCUT2D eigenvalue weighted by atomic mass is 10.1. The van der Waals surface area contributed by atoms with Gasteiger partial charge in [0.05, 0.1) is 34.2 Å². The number of hydrogen-bond acceptors (Lipinski definition) is 7. The predicted octanol–water partition coefficient (Wildman–Crippen LogP) is 7.02. The minimum atomic E-state index is 0.761. The van der Waals surface area contributed by atoms with Gasteiger partial charge in [0.1, 0.15) is 0 Å². The van der Waals surface area contributed by atoms with Crippen LogP contribution in [0.3, 0.4) is 0 Å². The highest BCUT2D eigenvalue weighted by Gasteiger charge is 2.03. The van der Waals surface area contributed by atoms with Crippen LogP contribution < -0.4 is 5.73 Å². The van der Waals surface area contributed by atoms with Gasteiger partial charge in [0.2, 0.25) is 0 Å². The number of pyridine rings is 6. The van der Waals surface area contributed by atoms with E-state index >= 15 is 0 Å². The first kappa shape index (κ1) is 29.8. The molecule has 6 aromatic rings. The Labute approximate surface area is 247 Å². The minimum Gasteiger partial charge on any atom is -0.330 e. The number of aromatic nitrogens is 6. The molecule has 0 unspecified atom stereocenters. The Balaban J connectivity index is 0.000000149. The van der Waals surface area contributed by atoms with E-state index in [4.69, 9.17) is 5.73 Å². The highest BCUT2D eigenvalue weighted by atomic mass is 14.8. The summed E-state index contributed by atoms with van der Waals surface area (Å²) in [6, 6.07) is 31.4. The molecule has 0 aliphatic carbocycles. The van der Waals surface area contributed by atoms with E-state index in [9.17, 15) is 0 Å². The largest absolute Gasteiger partial charge is 0.330 e. The standard InChI is InChI=1S/C15H19N3.2C10H8N2/c1-12-5-8-17-14(10-12)15-11-13(6-9-18-15)4-2-3-7-16;2*1-3-7-11-9(5-1)10-6-2-4-8-12-10/h5-6,8-11H,2-4,7,16H2,1H3;2*1-8H. The molecule has 42 heavy (non-hydrogen) atoms. The zero-order chi connectivity index (χ0) is 29.2. The summed E-state index contributed by atoms with van der Waals surface area (Å²) in [6.07, 6.45) is 14.0. The van der Waals surface area contributed by atoms with E-state index in [1.807, 2.05) is 91.3 Å². The maximum atomic E-state index is 5.51. The Hall–Kier alpha value is -5.14. The zero-order valence-corrected chi connectivity index (χ0v) is 23.8. The molecule has 7 nitrogen and oxygen atoms in total. The molecular weight excluding hydrogens is 518 g/mol. The number of aryl methyl sites for hydroxylation is 2. The van der Waals surface area contributed by atoms with E-state index < -0.39 is 0 Å². The van der Waals surface area contributed by atoms with E-state index in [0.717, 1.165) is 60.0 Å². The molecule has 7 heteroatoms. The van der Waals surface area contributed by atoms with Gasteiger partial charge in [-0.1, -0.05) is 24.3 Å². The smallest absolute Gasteiger partial charge is 0.0888 e. The van der Waals surface area contributed by atoms with Gasteiger partial charge < -0.3 is 5.73 Å². The SMILES string of the molecule is Cc1ccnc(-c2cc(CCCCN)ccn2)c1.c1ccc(-c2ccccn2)nc1.c1ccc(-c2ccccn2)nc1.